The van der Waals surface area contributed by atoms with Gasteiger partial charge in [0.15, 0.2) is 23.6 Å². The van der Waals surface area contributed by atoms with Crippen LogP contribution in [0.4, 0.5) is 0 Å². The van der Waals surface area contributed by atoms with E-state index < -0.39 is 110 Å². The fourth-order valence-electron chi connectivity index (χ4n) is 4.80. The van der Waals surface area contributed by atoms with E-state index in [1.807, 2.05) is 4.98 Å². The maximum atomic E-state index is 12.4. The van der Waals surface area contributed by atoms with Gasteiger partial charge in [-0.3, -0.25) is 32.8 Å². The number of aliphatic hydroxyl groups excluding tert-OH is 4. The molecule has 9 N–H and O–H groups in total. The topological polar surface area (TPSA) is 402 Å². The summed E-state index contributed by atoms with van der Waals surface area (Å²) in [5.41, 5.74) is -2.64. The summed E-state index contributed by atoms with van der Waals surface area (Å²) >= 11 is 0. The molecule has 0 bridgehead atoms. The van der Waals surface area contributed by atoms with Crippen LogP contribution < -0.4 is 16.8 Å². The number of aryl methyl sites for hydroxylation is 1. The highest BCUT2D eigenvalue weighted by atomic mass is 31.3. The summed E-state index contributed by atoms with van der Waals surface area (Å²) in [6.45, 7) is -2.36. The van der Waals surface area contributed by atoms with E-state index in [9.17, 15) is 72.6 Å². The van der Waals surface area contributed by atoms with Crippen molar-refractivity contribution in [3.63, 3.8) is 0 Å². The number of aliphatic hydroxyl groups is 4. The zero-order chi connectivity index (χ0) is 38.6. The summed E-state index contributed by atoms with van der Waals surface area (Å²) < 4.78 is 83.0. The molecule has 2 aliphatic heterocycles. The normalized spacial score (nSPS) is 31.2. The molecule has 3 aromatic rings. The summed E-state index contributed by atoms with van der Waals surface area (Å²) in [5, 5.41) is 41.3. The monoisotopic (exact) mass is 828 g/mol. The minimum Gasteiger partial charge on any atom is -0.387 e. The van der Waals surface area contributed by atoms with Crippen LogP contribution in [0.5, 0.6) is 0 Å². The number of ether oxygens (including phenoxy) is 2. The van der Waals surface area contributed by atoms with Crippen molar-refractivity contribution in [1.82, 2.24) is 28.7 Å². The first-order valence-electron chi connectivity index (χ1n) is 14.0. The van der Waals surface area contributed by atoms with Crippen LogP contribution in [0.3, 0.4) is 0 Å². The van der Waals surface area contributed by atoms with Crippen LogP contribution >= 0.6 is 31.3 Å². The van der Waals surface area contributed by atoms with E-state index in [-0.39, 0.29) is 11.2 Å². The first-order chi connectivity index (χ1) is 24.0. The van der Waals surface area contributed by atoms with E-state index in [0.717, 1.165) is 34.1 Å². The second-order valence-electron chi connectivity index (χ2n) is 10.8. The van der Waals surface area contributed by atoms with Gasteiger partial charge in [0.05, 0.1) is 25.9 Å². The predicted octanol–water partition coefficient (Wildman–Crippen LogP) is -3.60. The van der Waals surface area contributed by atoms with Crippen molar-refractivity contribution in [2.24, 2.45) is 7.05 Å². The number of hydrogen-bond acceptors (Lipinski definition) is 20. The number of hydrogen-bond donors (Lipinski definition) is 9. The Bertz CT molecular complexity index is 2190. The highest BCUT2D eigenvalue weighted by Crippen LogP contribution is 2.71. The first kappa shape index (κ1) is 40.5. The first-order valence-corrected chi connectivity index (χ1v) is 19.9. The van der Waals surface area contributed by atoms with E-state index in [2.05, 4.69) is 31.9 Å². The van der Waals surface area contributed by atoms with E-state index in [0.29, 0.717) is 4.57 Å². The molecule has 0 spiro atoms. The lowest BCUT2D eigenvalue weighted by Gasteiger charge is -2.21. The molecule has 12 atom stereocenters. The smallest absolute Gasteiger partial charge is 0.387 e. The van der Waals surface area contributed by atoms with Gasteiger partial charge in [-0.2, -0.15) is 12.9 Å². The van der Waals surface area contributed by atoms with Gasteiger partial charge in [0.25, 0.3) is 11.1 Å². The molecular formula is C20H28N6O22P4. The number of nitrogens with one attached hydrogen (secondary N) is 1. The lowest BCUT2D eigenvalue weighted by molar-refractivity contribution is -0.0542. The Kier molecular flexibility index (Phi) is 11.6. The molecule has 5 rings (SSSR count). The molecule has 32 heteroatoms. The van der Waals surface area contributed by atoms with Crippen molar-refractivity contribution in [2.75, 3.05) is 13.2 Å². The molecule has 0 radical (unpaired) electrons. The quantitative estimate of drug-likeness (QED) is 0.0709. The van der Waals surface area contributed by atoms with E-state index >= 15 is 0 Å². The van der Waals surface area contributed by atoms with Crippen LogP contribution in [0.25, 0.3) is 11.2 Å². The second-order valence-corrected chi connectivity index (χ2v) is 17.0. The molecule has 2 fully saturated rings. The Morgan fingerprint density at radius 1 is 0.731 bits per heavy atom. The van der Waals surface area contributed by atoms with Crippen LogP contribution in [0.2, 0.25) is 0 Å². The molecular weight excluding hydrogens is 800 g/mol. The summed E-state index contributed by atoms with van der Waals surface area (Å²) in [6, 6.07) is 0.873. The lowest BCUT2D eigenvalue weighted by atomic mass is 10.1. The van der Waals surface area contributed by atoms with Crippen molar-refractivity contribution in [3.05, 3.63) is 56.1 Å². The number of aromatic nitrogens is 6. The number of aromatic amines is 1. The van der Waals surface area contributed by atoms with Crippen molar-refractivity contribution in [2.45, 2.75) is 49.1 Å². The number of phosphoric ester groups is 2. The minimum atomic E-state index is -6.23. The van der Waals surface area contributed by atoms with Crippen molar-refractivity contribution >= 4 is 42.5 Å². The van der Waals surface area contributed by atoms with Gasteiger partial charge in [0.1, 0.15) is 36.6 Å². The number of H-pyrrole nitrogens is 1. The van der Waals surface area contributed by atoms with Crippen molar-refractivity contribution in [1.29, 1.82) is 0 Å². The third kappa shape index (κ3) is 8.99. The Balaban J connectivity index is 1.14. The maximum Gasteiger partial charge on any atom is 0.490 e. The molecule has 52 heavy (non-hydrogen) atoms. The number of fused-ring (bicyclic) bond motifs is 1. The van der Waals surface area contributed by atoms with E-state index in [1.165, 1.54) is 7.05 Å². The molecule has 2 saturated heterocycles. The van der Waals surface area contributed by atoms with Crippen LogP contribution in [0.1, 0.15) is 12.5 Å². The zero-order valence-electron chi connectivity index (χ0n) is 25.7. The average molecular weight is 828 g/mol. The standard InChI is InChI=1S/C20H28N6O22P4/c1-24-6-22-16-11(17(24)32)21-7-26(16)19-15(31)13(29)9(45-19)5-43-50(36,37)47-52(40,41)48-51(38,39)46-49(34,35)42-4-8-12(28)14(30)18(44-8)25-3-2-10(27)23-20(25)33/h2-3,6-9,12-15,18-19,28-31H,4-5H2,1H3,(H,34,35)(H,36,37)(H,38,39)(H,40,41)(H,23,27,33)/t8-,9-,12-,13-,14-,15-,18-,19-/m1/s1. The molecule has 0 amide bonds. The second kappa shape index (κ2) is 14.9. The molecule has 0 aliphatic carbocycles. The average Bonchev–Trinajstić information content (AvgIpc) is 3.65. The fraction of sp³-hybridized carbons (Fsp3) is 0.550. The van der Waals surface area contributed by atoms with E-state index in [4.69, 9.17) is 9.47 Å². The molecule has 5 heterocycles. The SMILES string of the molecule is Cn1cnc2c(ncn2[C@@H]2O[C@H](COP(=O)(O)OP(=O)(O)OP(=O)(O)OP(=O)(O)OC[C@H]3O[C@@H](n4ccc(=O)[nH]c4=O)[C@H](O)[C@@H]3O)[C@@H](O)[C@H]2O)c1=O. The van der Waals surface area contributed by atoms with Gasteiger partial charge in [0.2, 0.25) is 0 Å². The third-order valence-electron chi connectivity index (χ3n) is 7.14. The van der Waals surface area contributed by atoms with Crippen LogP contribution in [0, 0.1) is 0 Å². The summed E-state index contributed by atoms with van der Waals surface area (Å²) in [6.07, 6.45) is -10.9. The van der Waals surface area contributed by atoms with Gasteiger partial charge < -0.3 is 54.0 Å². The molecule has 28 nitrogen and oxygen atoms in total. The Morgan fingerprint density at radius 2 is 1.21 bits per heavy atom. The maximum absolute atomic E-state index is 12.4. The Hall–Kier alpha value is -2.65. The highest BCUT2D eigenvalue weighted by molar-refractivity contribution is 7.69. The van der Waals surface area contributed by atoms with Gasteiger partial charge in [0, 0.05) is 19.3 Å². The van der Waals surface area contributed by atoms with E-state index in [1.54, 1.807) is 0 Å². The summed E-state index contributed by atoms with van der Waals surface area (Å²) in [5.74, 6) is 0. The minimum absolute atomic E-state index is 0.0681. The van der Waals surface area contributed by atoms with Crippen molar-refractivity contribution < 1.29 is 89.7 Å². The van der Waals surface area contributed by atoms with Crippen LogP contribution in [-0.2, 0) is 56.8 Å². The number of phosphoric acid groups is 4. The summed E-state index contributed by atoms with van der Waals surface area (Å²) in [4.78, 5) is 84.6. The largest absolute Gasteiger partial charge is 0.490 e. The van der Waals surface area contributed by atoms with Crippen LogP contribution in [0.15, 0.2) is 39.3 Å². The Morgan fingerprint density at radius 3 is 1.71 bits per heavy atom. The fourth-order valence-corrected chi connectivity index (χ4v) is 9.76. The number of imidazole rings is 1. The predicted molar refractivity (Wildman–Crippen MR) is 160 cm³/mol. The van der Waals surface area contributed by atoms with Gasteiger partial charge in [-0.15, -0.1) is 0 Å². The van der Waals surface area contributed by atoms with Gasteiger partial charge in [-0.05, 0) is 0 Å². The molecule has 4 unspecified atom stereocenters. The third-order valence-corrected chi connectivity index (χ3v) is 13.0. The number of rotatable bonds is 14. The zero-order valence-corrected chi connectivity index (χ0v) is 29.2. The van der Waals surface area contributed by atoms with Gasteiger partial charge >= 0.3 is 37.0 Å². The van der Waals surface area contributed by atoms with Gasteiger partial charge in [-0.25, -0.2) is 33.0 Å². The molecule has 3 aromatic heterocycles. The highest BCUT2D eigenvalue weighted by Gasteiger charge is 2.50. The van der Waals surface area contributed by atoms with Crippen molar-refractivity contribution in [3.8, 4) is 0 Å². The molecule has 2 aliphatic rings. The van der Waals surface area contributed by atoms with Crippen LogP contribution in [-0.4, -0.2) is 118 Å². The summed E-state index contributed by atoms with van der Waals surface area (Å²) in [7, 11) is -22.7. The molecule has 290 valence electrons. The van der Waals surface area contributed by atoms with Gasteiger partial charge in [-0.1, -0.05) is 0 Å². The lowest BCUT2D eigenvalue weighted by Crippen LogP contribution is -2.37. The Labute approximate surface area is 286 Å². The molecule has 0 aromatic carbocycles. The number of nitrogens with zero attached hydrogens (tertiary/aromatic N) is 5. The molecule has 0 saturated carbocycles.